The summed E-state index contributed by atoms with van der Waals surface area (Å²) in [5.74, 6) is 0.680. The van der Waals surface area contributed by atoms with Crippen molar-refractivity contribution in [3.63, 3.8) is 0 Å². The van der Waals surface area contributed by atoms with E-state index in [-0.39, 0.29) is 6.10 Å². The number of carbonyl (C=O) groups excluding carboxylic acids is 1. The third-order valence-corrected chi connectivity index (χ3v) is 5.51. The molecule has 0 spiro atoms. The van der Waals surface area contributed by atoms with Gasteiger partial charge in [-0.3, -0.25) is 4.79 Å². The lowest BCUT2D eigenvalue weighted by Gasteiger charge is -2.32. The summed E-state index contributed by atoms with van der Waals surface area (Å²) in [7, 11) is 0. The number of amides is 1. The van der Waals surface area contributed by atoms with Crippen LogP contribution in [0, 0.1) is 5.92 Å². The molecule has 1 saturated carbocycles. The van der Waals surface area contributed by atoms with Gasteiger partial charge in [-0.05, 0) is 43.7 Å². The zero-order chi connectivity index (χ0) is 22.0. The molecule has 1 atom stereocenters. The largest absolute Gasteiger partial charge is 0.493 e. The summed E-state index contributed by atoms with van der Waals surface area (Å²) in [6.45, 7) is 2.29. The quantitative estimate of drug-likeness (QED) is 0.674. The number of alkyl halides is 3. The van der Waals surface area contributed by atoms with Gasteiger partial charge in [0.1, 0.15) is 17.3 Å². The Hall–Kier alpha value is -2.49. The Kier molecular flexibility index (Phi) is 6.27. The van der Waals surface area contributed by atoms with E-state index in [9.17, 15) is 18.0 Å². The van der Waals surface area contributed by atoms with Crippen molar-refractivity contribution in [1.82, 2.24) is 10.3 Å². The van der Waals surface area contributed by atoms with Crippen LogP contribution in [0.15, 0.2) is 22.6 Å². The Labute approximate surface area is 177 Å². The molecule has 2 fully saturated rings. The second-order valence-corrected chi connectivity index (χ2v) is 8.19. The topological polar surface area (TPSA) is 76.8 Å². The van der Waals surface area contributed by atoms with Crippen molar-refractivity contribution in [2.75, 3.05) is 31.2 Å². The molecular formula is C21H26F3N3O4. The zero-order valence-corrected chi connectivity index (χ0v) is 17.3. The summed E-state index contributed by atoms with van der Waals surface area (Å²) in [5, 5.41) is 1.90. The molecule has 0 radical (unpaired) electrons. The first kappa shape index (κ1) is 21.7. The maximum atomic E-state index is 13.0. The lowest BCUT2D eigenvalue weighted by Crippen LogP contribution is -2.49. The van der Waals surface area contributed by atoms with Gasteiger partial charge in [-0.1, -0.05) is 0 Å². The van der Waals surface area contributed by atoms with Crippen molar-refractivity contribution in [2.24, 2.45) is 5.92 Å². The zero-order valence-electron chi connectivity index (χ0n) is 17.3. The van der Waals surface area contributed by atoms with E-state index in [1.807, 2.05) is 28.4 Å². The molecule has 1 aliphatic carbocycles. The fraction of sp³-hybridized carbons (Fsp3) is 0.619. The number of anilines is 1. The van der Waals surface area contributed by atoms with Gasteiger partial charge in [0.05, 0.1) is 19.3 Å². The first-order chi connectivity index (χ1) is 14.8. The first-order valence-corrected chi connectivity index (χ1v) is 10.5. The third kappa shape index (κ3) is 5.81. The number of benzene rings is 1. The van der Waals surface area contributed by atoms with E-state index in [4.69, 9.17) is 13.9 Å². The summed E-state index contributed by atoms with van der Waals surface area (Å²) in [5.41, 5.74) is 1.38. The standard InChI is InChI=1S/C21H26F3N3O4/c1-13(28)25-19(21(22,23)24)12-30-15-6-8-27(9-7-15)20-26-17-5-4-16(10-18(17)31-20)29-11-14-2-3-14/h4-5,10,14-15,19H,2-3,6-9,11-12H2,1H3,(H,25,28). The number of hydrogen-bond donors (Lipinski definition) is 1. The minimum atomic E-state index is -4.55. The van der Waals surface area contributed by atoms with Crippen molar-refractivity contribution >= 4 is 23.0 Å². The number of piperidine rings is 1. The maximum Gasteiger partial charge on any atom is 0.410 e. The van der Waals surface area contributed by atoms with Gasteiger partial charge in [-0.15, -0.1) is 0 Å². The molecule has 0 bridgehead atoms. The van der Waals surface area contributed by atoms with Gasteiger partial charge in [0, 0.05) is 26.1 Å². The fourth-order valence-corrected chi connectivity index (χ4v) is 3.53. The molecule has 1 aromatic carbocycles. The first-order valence-electron chi connectivity index (χ1n) is 10.5. The van der Waals surface area contributed by atoms with Crippen LogP contribution in [-0.4, -0.2) is 55.5 Å². The average molecular weight is 441 g/mol. The molecule has 2 aromatic rings. The predicted octanol–water partition coefficient (Wildman–Crippen LogP) is 3.67. The lowest BCUT2D eigenvalue weighted by molar-refractivity contribution is -0.175. The molecule has 4 rings (SSSR count). The van der Waals surface area contributed by atoms with Gasteiger partial charge in [0.15, 0.2) is 5.58 Å². The van der Waals surface area contributed by atoms with Crippen LogP contribution in [0.3, 0.4) is 0 Å². The molecule has 10 heteroatoms. The molecule has 1 N–H and O–H groups in total. The molecule has 1 amide bonds. The van der Waals surface area contributed by atoms with Crippen LogP contribution in [0.4, 0.5) is 19.2 Å². The van der Waals surface area contributed by atoms with E-state index in [2.05, 4.69) is 4.98 Å². The minimum Gasteiger partial charge on any atom is -0.493 e. The second-order valence-electron chi connectivity index (χ2n) is 8.19. The molecular weight excluding hydrogens is 415 g/mol. The second kappa shape index (κ2) is 8.94. The number of nitrogens with zero attached hydrogens (tertiary/aromatic N) is 2. The summed E-state index contributed by atoms with van der Waals surface area (Å²) >= 11 is 0. The van der Waals surface area contributed by atoms with E-state index in [1.54, 1.807) is 0 Å². The van der Waals surface area contributed by atoms with Gasteiger partial charge in [-0.25, -0.2) is 0 Å². The van der Waals surface area contributed by atoms with Crippen LogP contribution >= 0.6 is 0 Å². The Bertz CT molecular complexity index is 905. The summed E-state index contributed by atoms with van der Waals surface area (Å²) in [4.78, 5) is 17.5. The number of carbonyl (C=O) groups is 1. The van der Waals surface area contributed by atoms with Crippen molar-refractivity contribution in [1.29, 1.82) is 0 Å². The molecule has 31 heavy (non-hydrogen) atoms. The van der Waals surface area contributed by atoms with Gasteiger partial charge in [-0.2, -0.15) is 18.2 Å². The summed E-state index contributed by atoms with van der Waals surface area (Å²) in [6, 6.07) is 4.06. The number of rotatable bonds is 8. The van der Waals surface area contributed by atoms with Crippen molar-refractivity contribution in [2.45, 2.75) is 50.9 Å². The van der Waals surface area contributed by atoms with Crippen LogP contribution < -0.4 is 15.0 Å². The molecule has 1 aliphatic heterocycles. The smallest absolute Gasteiger partial charge is 0.410 e. The van der Waals surface area contributed by atoms with Crippen LogP contribution in [0.5, 0.6) is 5.75 Å². The Morgan fingerprint density at radius 2 is 2.03 bits per heavy atom. The van der Waals surface area contributed by atoms with E-state index in [0.717, 1.165) is 24.8 Å². The highest BCUT2D eigenvalue weighted by atomic mass is 19.4. The van der Waals surface area contributed by atoms with Gasteiger partial charge in [0.25, 0.3) is 6.01 Å². The number of fused-ring (bicyclic) bond motifs is 1. The van der Waals surface area contributed by atoms with E-state index in [1.165, 1.54) is 12.8 Å². The van der Waals surface area contributed by atoms with Crippen molar-refractivity contribution in [3.8, 4) is 5.75 Å². The SMILES string of the molecule is CC(=O)NC(COC1CCN(c2nc3ccc(OCC4CC4)cc3o2)CC1)C(F)(F)F. The molecule has 170 valence electrons. The summed E-state index contributed by atoms with van der Waals surface area (Å²) < 4.78 is 56.1. The maximum absolute atomic E-state index is 13.0. The van der Waals surface area contributed by atoms with Gasteiger partial charge >= 0.3 is 6.18 Å². The highest BCUT2D eigenvalue weighted by Gasteiger charge is 2.41. The number of oxazole rings is 1. The van der Waals surface area contributed by atoms with Crippen molar-refractivity contribution in [3.05, 3.63) is 18.2 Å². The number of ether oxygens (including phenoxy) is 2. The lowest BCUT2D eigenvalue weighted by atomic mass is 10.1. The van der Waals surface area contributed by atoms with Crippen LogP contribution in [0.1, 0.15) is 32.6 Å². The normalized spacial score (nSPS) is 18.9. The Morgan fingerprint density at radius 1 is 1.29 bits per heavy atom. The van der Waals surface area contributed by atoms with Crippen LogP contribution in [0.25, 0.3) is 11.1 Å². The average Bonchev–Trinajstić information content (AvgIpc) is 3.45. The van der Waals surface area contributed by atoms with E-state index >= 15 is 0 Å². The van der Waals surface area contributed by atoms with Crippen molar-refractivity contribution < 1.29 is 31.9 Å². The number of nitrogens with one attached hydrogen (secondary N) is 1. The van der Waals surface area contributed by atoms with E-state index in [0.29, 0.717) is 43.4 Å². The Morgan fingerprint density at radius 3 is 2.68 bits per heavy atom. The van der Waals surface area contributed by atoms with Gasteiger partial charge in [0.2, 0.25) is 5.91 Å². The predicted molar refractivity (Wildman–Crippen MR) is 107 cm³/mol. The monoisotopic (exact) mass is 441 g/mol. The fourth-order valence-electron chi connectivity index (χ4n) is 3.53. The molecule has 7 nitrogen and oxygen atoms in total. The highest BCUT2D eigenvalue weighted by molar-refractivity contribution is 5.76. The van der Waals surface area contributed by atoms with Crippen LogP contribution in [-0.2, 0) is 9.53 Å². The number of halogens is 3. The summed E-state index contributed by atoms with van der Waals surface area (Å²) in [6.07, 6.45) is -1.34. The molecule has 1 saturated heterocycles. The minimum absolute atomic E-state index is 0.318. The Balaban J connectivity index is 1.29. The third-order valence-electron chi connectivity index (χ3n) is 5.51. The highest BCUT2D eigenvalue weighted by Crippen LogP contribution is 2.31. The number of hydrogen-bond acceptors (Lipinski definition) is 6. The molecule has 2 heterocycles. The number of aromatic nitrogens is 1. The van der Waals surface area contributed by atoms with Crippen LogP contribution in [0.2, 0.25) is 0 Å². The van der Waals surface area contributed by atoms with Gasteiger partial charge < -0.3 is 24.1 Å². The van der Waals surface area contributed by atoms with E-state index < -0.39 is 24.7 Å². The molecule has 2 aliphatic rings. The molecule has 1 unspecified atom stereocenters. The molecule has 1 aromatic heterocycles.